The van der Waals surface area contributed by atoms with E-state index >= 15 is 0 Å². The Balaban J connectivity index is 1.71. The molecule has 2 bridgehead atoms. The maximum atomic E-state index is 12.4. The first-order chi connectivity index (χ1) is 11.0. The third-order valence-corrected chi connectivity index (χ3v) is 5.62. The third-order valence-electron chi connectivity index (χ3n) is 5.09. The van der Waals surface area contributed by atoms with Gasteiger partial charge in [-0.05, 0) is 23.8 Å². The average molecular weight is 375 g/mol. The fourth-order valence-electron chi connectivity index (χ4n) is 4.02. The average Bonchev–Trinajstić information content (AvgIpc) is 2.89. The van der Waals surface area contributed by atoms with Gasteiger partial charge in [0.1, 0.15) is 0 Å². The summed E-state index contributed by atoms with van der Waals surface area (Å²) in [6.07, 6.45) is 3.32. The van der Waals surface area contributed by atoms with Crippen molar-refractivity contribution in [3.63, 3.8) is 0 Å². The Labute approximate surface area is 142 Å². The lowest BCUT2D eigenvalue weighted by Gasteiger charge is -2.32. The van der Waals surface area contributed by atoms with Gasteiger partial charge in [0.25, 0.3) is 0 Å². The molecule has 3 aliphatic heterocycles. The first-order valence-corrected chi connectivity index (χ1v) is 8.32. The molecule has 1 aromatic rings. The van der Waals surface area contributed by atoms with Crippen molar-refractivity contribution in [3.8, 4) is 0 Å². The summed E-state index contributed by atoms with van der Waals surface area (Å²) in [7, 11) is 1.51. The van der Waals surface area contributed by atoms with Gasteiger partial charge in [0, 0.05) is 24.1 Å². The molecule has 3 heterocycles. The molecule has 2 saturated heterocycles. The molecule has 118 valence electrons. The highest BCUT2D eigenvalue weighted by molar-refractivity contribution is 9.10. The van der Waals surface area contributed by atoms with Crippen LogP contribution in [-0.2, 0) is 20.9 Å². The Bertz CT molecular complexity index is 743. The van der Waals surface area contributed by atoms with E-state index in [9.17, 15) is 14.4 Å². The van der Waals surface area contributed by atoms with Gasteiger partial charge in [0.05, 0.1) is 17.9 Å². The van der Waals surface area contributed by atoms with E-state index in [2.05, 4.69) is 15.9 Å². The van der Waals surface area contributed by atoms with Crippen LogP contribution in [0.2, 0.25) is 0 Å². The van der Waals surface area contributed by atoms with Crippen LogP contribution in [-0.4, -0.2) is 46.5 Å². The van der Waals surface area contributed by atoms with Crippen molar-refractivity contribution in [2.24, 2.45) is 11.8 Å². The van der Waals surface area contributed by atoms with E-state index in [-0.39, 0.29) is 23.6 Å². The SMILES string of the molecule is CN1C(=O)[C@@H]2[C@@H](C1=O)[C@@H]1C=CC(=O)[C@H]2N1Cc1ccc(Br)cc1. The predicted octanol–water partition coefficient (Wildman–Crippen LogP) is 1.37. The minimum absolute atomic E-state index is 0.0812. The Morgan fingerprint density at radius 2 is 1.70 bits per heavy atom. The van der Waals surface area contributed by atoms with Crippen molar-refractivity contribution >= 4 is 33.5 Å². The number of hydrogen-bond acceptors (Lipinski definition) is 4. The molecule has 5 nitrogen and oxygen atoms in total. The van der Waals surface area contributed by atoms with Crippen molar-refractivity contribution in [2.75, 3.05) is 7.05 Å². The van der Waals surface area contributed by atoms with Crippen LogP contribution in [0.4, 0.5) is 0 Å². The molecule has 0 spiro atoms. The standard InChI is InChI=1S/C17H15BrN2O3/c1-19-16(22)13-11-6-7-12(21)15(14(13)17(19)23)20(11)8-9-2-4-10(18)5-3-9/h2-7,11,13-15H,8H2,1H3/t11-,13-,14+,15+/m0/s1. The number of fused-ring (bicyclic) bond motifs is 5. The molecule has 0 aromatic heterocycles. The topological polar surface area (TPSA) is 57.7 Å². The Morgan fingerprint density at radius 3 is 2.39 bits per heavy atom. The first kappa shape index (κ1) is 14.8. The molecule has 3 aliphatic rings. The minimum atomic E-state index is -0.546. The van der Waals surface area contributed by atoms with Gasteiger partial charge in [-0.3, -0.25) is 24.2 Å². The highest BCUT2D eigenvalue weighted by Gasteiger charge is 2.63. The van der Waals surface area contributed by atoms with Crippen molar-refractivity contribution in [1.82, 2.24) is 9.80 Å². The highest BCUT2D eigenvalue weighted by Crippen LogP contribution is 2.45. The second kappa shape index (κ2) is 5.11. The quantitative estimate of drug-likeness (QED) is 0.733. The molecule has 0 aliphatic carbocycles. The molecule has 4 atom stereocenters. The molecule has 4 rings (SSSR count). The van der Waals surface area contributed by atoms with Crippen LogP contribution in [0.1, 0.15) is 5.56 Å². The number of imide groups is 1. The van der Waals surface area contributed by atoms with Crippen molar-refractivity contribution in [3.05, 3.63) is 46.5 Å². The van der Waals surface area contributed by atoms with Crippen LogP contribution in [0.15, 0.2) is 40.9 Å². The predicted molar refractivity (Wildman–Crippen MR) is 86.2 cm³/mol. The summed E-state index contributed by atoms with van der Waals surface area (Å²) < 4.78 is 0.989. The molecule has 6 heteroatoms. The maximum absolute atomic E-state index is 12.4. The number of carbonyl (C=O) groups excluding carboxylic acids is 3. The molecule has 2 fully saturated rings. The Hall–Kier alpha value is -1.79. The number of benzene rings is 1. The molecule has 2 amide bonds. The summed E-state index contributed by atoms with van der Waals surface area (Å²) in [5, 5.41) is 0. The lowest BCUT2D eigenvalue weighted by molar-refractivity contribution is -0.141. The van der Waals surface area contributed by atoms with E-state index in [1.54, 1.807) is 6.08 Å². The molecular weight excluding hydrogens is 360 g/mol. The van der Waals surface area contributed by atoms with Gasteiger partial charge < -0.3 is 0 Å². The lowest BCUT2D eigenvalue weighted by atomic mass is 9.90. The van der Waals surface area contributed by atoms with E-state index in [4.69, 9.17) is 0 Å². The van der Waals surface area contributed by atoms with Crippen LogP contribution in [0.5, 0.6) is 0 Å². The largest absolute Gasteiger partial charge is 0.293 e. The lowest BCUT2D eigenvalue weighted by Crippen LogP contribution is -2.48. The van der Waals surface area contributed by atoms with Gasteiger partial charge in [0.2, 0.25) is 11.8 Å². The van der Waals surface area contributed by atoms with Gasteiger partial charge in [-0.25, -0.2) is 0 Å². The number of likely N-dealkylation sites (tertiary alicyclic amines) is 1. The zero-order chi connectivity index (χ0) is 16.3. The van der Waals surface area contributed by atoms with Crippen LogP contribution >= 0.6 is 15.9 Å². The third kappa shape index (κ3) is 2.05. The molecular formula is C17H15BrN2O3. The molecule has 0 unspecified atom stereocenters. The van der Waals surface area contributed by atoms with Crippen LogP contribution < -0.4 is 0 Å². The van der Waals surface area contributed by atoms with Crippen LogP contribution in [0.3, 0.4) is 0 Å². The van der Waals surface area contributed by atoms with Crippen molar-refractivity contribution in [1.29, 1.82) is 0 Å². The number of ketones is 1. The zero-order valence-electron chi connectivity index (χ0n) is 12.5. The summed E-state index contributed by atoms with van der Waals surface area (Å²) in [4.78, 5) is 40.4. The van der Waals surface area contributed by atoms with Crippen molar-refractivity contribution < 1.29 is 14.4 Å². The minimum Gasteiger partial charge on any atom is -0.293 e. The smallest absolute Gasteiger partial charge is 0.234 e. The van der Waals surface area contributed by atoms with Gasteiger partial charge in [0.15, 0.2) is 5.78 Å². The van der Waals surface area contributed by atoms with E-state index < -0.39 is 17.9 Å². The fraction of sp³-hybridized carbons (Fsp3) is 0.353. The monoisotopic (exact) mass is 374 g/mol. The van der Waals surface area contributed by atoms with Gasteiger partial charge >= 0.3 is 0 Å². The van der Waals surface area contributed by atoms with Crippen LogP contribution in [0.25, 0.3) is 0 Å². The van der Waals surface area contributed by atoms with E-state index in [1.807, 2.05) is 29.2 Å². The Kier molecular flexibility index (Phi) is 3.28. The number of hydrogen-bond donors (Lipinski definition) is 0. The Morgan fingerprint density at radius 1 is 1.04 bits per heavy atom. The summed E-state index contributed by atoms with van der Waals surface area (Å²) in [6.45, 7) is 0.552. The number of rotatable bonds is 2. The summed E-state index contributed by atoms with van der Waals surface area (Å²) in [6, 6.07) is 7.15. The highest BCUT2D eigenvalue weighted by atomic mass is 79.9. The summed E-state index contributed by atoms with van der Waals surface area (Å²) in [5.41, 5.74) is 1.06. The van der Waals surface area contributed by atoms with E-state index in [0.717, 1.165) is 10.0 Å². The number of carbonyl (C=O) groups is 3. The zero-order valence-corrected chi connectivity index (χ0v) is 14.1. The van der Waals surface area contributed by atoms with E-state index in [0.29, 0.717) is 6.54 Å². The number of amides is 2. The van der Waals surface area contributed by atoms with E-state index in [1.165, 1.54) is 18.0 Å². The molecule has 0 saturated carbocycles. The van der Waals surface area contributed by atoms with Gasteiger partial charge in [-0.1, -0.05) is 34.1 Å². The summed E-state index contributed by atoms with van der Waals surface area (Å²) in [5.74, 6) is -1.47. The number of halogens is 1. The molecule has 23 heavy (non-hydrogen) atoms. The summed E-state index contributed by atoms with van der Waals surface area (Å²) >= 11 is 3.40. The first-order valence-electron chi connectivity index (χ1n) is 7.52. The van der Waals surface area contributed by atoms with Gasteiger partial charge in [-0.2, -0.15) is 0 Å². The molecule has 0 radical (unpaired) electrons. The normalized spacial score (nSPS) is 32.8. The van der Waals surface area contributed by atoms with Crippen LogP contribution in [0, 0.1) is 11.8 Å². The molecule has 0 N–H and O–H groups in total. The molecule has 1 aromatic carbocycles. The van der Waals surface area contributed by atoms with Crippen molar-refractivity contribution in [2.45, 2.75) is 18.6 Å². The number of nitrogens with zero attached hydrogens (tertiary/aromatic N) is 2. The second-order valence-electron chi connectivity index (χ2n) is 6.28. The second-order valence-corrected chi connectivity index (χ2v) is 7.20. The fourth-order valence-corrected chi connectivity index (χ4v) is 4.28. The van der Waals surface area contributed by atoms with Gasteiger partial charge in [-0.15, -0.1) is 0 Å². The maximum Gasteiger partial charge on any atom is 0.234 e.